The van der Waals surface area contributed by atoms with E-state index in [1.54, 1.807) is 6.07 Å². The van der Waals surface area contributed by atoms with Gasteiger partial charge < -0.3 is 14.8 Å². The molecular formula is C22H39IN4O. The molecule has 1 N–H and O–H groups in total. The SMILES string of the molecule is CCNC(=NCCCCn1c(C)cccc1=O)N(C)CC1CCC(C)CC1.I. The van der Waals surface area contributed by atoms with Crippen molar-refractivity contribution in [2.45, 2.75) is 65.8 Å². The van der Waals surface area contributed by atoms with Crippen molar-refractivity contribution < 1.29 is 0 Å². The number of unbranched alkanes of at least 4 members (excludes halogenated alkanes) is 1. The summed E-state index contributed by atoms with van der Waals surface area (Å²) in [6, 6.07) is 5.45. The third-order valence-corrected chi connectivity index (χ3v) is 5.68. The Bertz CT molecular complexity index is 650. The highest BCUT2D eigenvalue weighted by Gasteiger charge is 2.20. The first-order valence-corrected chi connectivity index (χ1v) is 10.7. The van der Waals surface area contributed by atoms with Crippen LogP contribution in [0.4, 0.5) is 0 Å². The molecular weight excluding hydrogens is 463 g/mol. The lowest BCUT2D eigenvalue weighted by atomic mass is 9.83. The van der Waals surface area contributed by atoms with E-state index in [0.29, 0.717) is 0 Å². The van der Waals surface area contributed by atoms with Crippen molar-refractivity contribution in [3.63, 3.8) is 0 Å². The van der Waals surface area contributed by atoms with E-state index in [0.717, 1.165) is 62.5 Å². The van der Waals surface area contributed by atoms with Gasteiger partial charge in [-0.05, 0) is 57.4 Å². The number of hydrogen-bond donors (Lipinski definition) is 1. The quantitative estimate of drug-likeness (QED) is 0.250. The molecule has 0 radical (unpaired) electrons. The van der Waals surface area contributed by atoms with E-state index in [9.17, 15) is 4.79 Å². The summed E-state index contributed by atoms with van der Waals surface area (Å²) in [6.45, 7) is 10.0. The minimum Gasteiger partial charge on any atom is -0.357 e. The first-order valence-electron chi connectivity index (χ1n) is 10.7. The average Bonchev–Trinajstić information content (AvgIpc) is 2.64. The molecule has 5 nitrogen and oxygen atoms in total. The number of aliphatic imine (C=N–C) groups is 1. The molecule has 0 amide bonds. The van der Waals surface area contributed by atoms with Gasteiger partial charge in [0.05, 0.1) is 0 Å². The van der Waals surface area contributed by atoms with Gasteiger partial charge in [-0.25, -0.2) is 0 Å². The summed E-state index contributed by atoms with van der Waals surface area (Å²) in [5.74, 6) is 2.71. The van der Waals surface area contributed by atoms with Crippen LogP contribution in [-0.2, 0) is 6.54 Å². The molecule has 0 spiro atoms. The van der Waals surface area contributed by atoms with Crippen LogP contribution < -0.4 is 10.9 Å². The van der Waals surface area contributed by atoms with E-state index in [2.05, 4.69) is 31.1 Å². The van der Waals surface area contributed by atoms with Gasteiger partial charge in [-0.3, -0.25) is 9.79 Å². The second kappa shape index (κ2) is 13.2. The summed E-state index contributed by atoms with van der Waals surface area (Å²) < 4.78 is 1.85. The summed E-state index contributed by atoms with van der Waals surface area (Å²) >= 11 is 0. The third kappa shape index (κ3) is 8.13. The maximum atomic E-state index is 11.9. The van der Waals surface area contributed by atoms with Crippen LogP contribution in [0, 0.1) is 18.8 Å². The van der Waals surface area contributed by atoms with Gasteiger partial charge in [0.15, 0.2) is 5.96 Å². The summed E-state index contributed by atoms with van der Waals surface area (Å²) in [6.07, 6.45) is 7.38. The Balaban J connectivity index is 0.00000392. The van der Waals surface area contributed by atoms with E-state index in [1.165, 1.54) is 25.7 Å². The molecule has 1 saturated carbocycles. The van der Waals surface area contributed by atoms with Gasteiger partial charge in [0.1, 0.15) is 0 Å². The van der Waals surface area contributed by atoms with E-state index in [1.807, 2.05) is 23.6 Å². The molecule has 0 unspecified atom stereocenters. The highest BCUT2D eigenvalue weighted by atomic mass is 127. The van der Waals surface area contributed by atoms with Gasteiger partial charge in [0, 0.05) is 45.0 Å². The molecule has 0 saturated heterocycles. The van der Waals surface area contributed by atoms with E-state index in [4.69, 9.17) is 4.99 Å². The normalized spacial score (nSPS) is 19.8. The molecule has 6 heteroatoms. The smallest absolute Gasteiger partial charge is 0.250 e. The molecule has 0 atom stereocenters. The van der Waals surface area contributed by atoms with E-state index in [-0.39, 0.29) is 29.5 Å². The van der Waals surface area contributed by atoms with Crippen molar-refractivity contribution in [1.29, 1.82) is 0 Å². The number of aryl methyl sites for hydroxylation is 1. The van der Waals surface area contributed by atoms with Crippen LogP contribution in [0.3, 0.4) is 0 Å². The Morgan fingerprint density at radius 2 is 1.96 bits per heavy atom. The van der Waals surface area contributed by atoms with Crippen molar-refractivity contribution in [2.75, 3.05) is 26.7 Å². The topological polar surface area (TPSA) is 49.6 Å². The Kier molecular flexibility index (Phi) is 11.8. The van der Waals surface area contributed by atoms with Crippen molar-refractivity contribution in [3.05, 3.63) is 34.2 Å². The molecule has 1 aliphatic carbocycles. The Hall–Kier alpha value is -1.05. The maximum Gasteiger partial charge on any atom is 0.250 e. The molecule has 2 rings (SSSR count). The van der Waals surface area contributed by atoms with Crippen LogP contribution in [-0.4, -0.2) is 42.1 Å². The van der Waals surface area contributed by atoms with Crippen LogP contribution >= 0.6 is 24.0 Å². The molecule has 1 aromatic heterocycles. The van der Waals surface area contributed by atoms with Gasteiger partial charge in [-0.2, -0.15) is 0 Å². The Labute approximate surface area is 188 Å². The van der Waals surface area contributed by atoms with Crippen molar-refractivity contribution in [3.8, 4) is 0 Å². The Morgan fingerprint density at radius 1 is 1.25 bits per heavy atom. The number of guanidine groups is 1. The Morgan fingerprint density at radius 3 is 2.61 bits per heavy atom. The number of nitrogens with one attached hydrogen (secondary N) is 1. The largest absolute Gasteiger partial charge is 0.357 e. The van der Waals surface area contributed by atoms with Gasteiger partial charge in [-0.1, -0.05) is 25.8 Å². The number of hydrogen-bond acceptors (Lipinski definition) is 2. The second-order valence-corrected chi connectivity index (χ2v) is 8.11. The van der Waals surface area contributed by atoms with Gasteiger partial charge in [0.2, 0.25) is 0 Å². The molecule has 1 aliphatic rings. The first kappa shape index (κ1) is 25.0. The second-order valence-electron chi connectivity index (χ2n) is 8.11. The van der Waals surface area contributed by atoms with Crippen LogP contribution in [0.5, 0.6) is 0 Å². The minimum atomic E-state index is 0. The lowest BCUT2D eigenvalue weighted by Gasteiger charge is -2.31. The van der Waals surface area contributed by atoms with Crippen molar-refractivity contribution in [2.24, 2.45) is 16.8 Å². The molecule has 1 aromatic rings. The summed E-state index contributed by atoms with van der Waals surface area (Å²) in [7, 11) is 2.16. The predicted octanol–water partition coefficient (Wildman–Crippen LogP) is 4.28. The average molecular weight is 502 g/mol. The molecule has 0 bridgehead atoms. The first-order chi connectivity index (χ1) is 13.0. The lowest BCUT2D eigenvalue weighted by molar-refractivity contribution is 0.250. The van der Waals surface area contributed by atoms with Gasteiger partial charge >= 0.3 is 0 Å². The third-order valence-electron chi connectivity index (χ3n) is 5.68. The number of rotatable bonds is 8. The highest BCUT2D eigenvalue weighted by molar-refractivity contribution is 14.0. The highest BCUT2D eigenvalue weighted by Crippen LogP contribution is 2.28. The van der Waals surface area contributed by atoms with Gasteiger partial charge in [-0.15, -0.1) is 24.0 Å². The van der Waals surface area contributed by atoms with Crippen LogP contribution in [0.1, 0.15) is 58.1 Å². The van der Waals surface area contributed by atoms with E-state index < -0.39 is 0 Å². The summed E-state index contributed by atoms with van der Waals surface area (Å²) in [5, 5.41) is 3.43. The zero-order valence-corrected chi connectivity index (χ0v) is 20.4. The fourth-order valence-corrected chi connectivity index (χ4v) is 3.93. The number of halogens is 1. The molecule has 1 fully saturated rings. The molecule has 1 heterocycles. The minimum absolute atomic E-state index is 0. The van der Waals surface area contributed by atoms with Crippen LogP contribution in [0.25, 0.3) is 0 Å². The standard InChI is InChI=1S/C22H38N4O.HI/c1-5-23-22(25(4)17-20-13-11-18(2)12-14-20)24-15-6-7-16-26-19(3)9-8-10-21(26)27;/h8-10,18,20H,5-7,11-17H2,1-4H3,(H,23,24);1H. The summed E-state index contributed by atoms with van der Waals surface area (Å²) in [4.78, 5) is 19.0. The number of aromatic nitrogens is 1. The summed E-state index contributed by atoms with van der Waals surface area (Å²) in [5.41, 5.74) is 1.12. The van der Waals surface area contributed by atoms with Crippen molar-refractivity contribution in [1.82, 2.24) is 14.8 Å². The molecule has 28 heavy (non-hydrogen) atoms. The zero-order chi connectivity index (χ0) is 19.6. The monoisotopic (exact) mass is 502 g/mol. The number of nitrogens with zero attached hydrogens (tertiary/aromatic N) is 3. The van der Waals surface area contributed by atoms with Crippen LogP contribution in [0.15, 0.2) is 28.0 Å². The van der Waals surface area contributed by atoms with Crippen molar-refractivity contribution >= 4 is 29.9 Å². The fraction of sp³-hybridized carbons (Fsp3) is 0.727. The van der Waals surface area contributed by atoms with Gasteiger partial charge in [0.25, 0.3) is 5.56 Å². The zero-order valence-electron chi connectivity index (χ0n) is 18.1. The van der Waals surface area contributed by atoms with E-state index >= 15 is 0 Å². The molecule has 0 aliphatic heterocycles. The predicted molar refractivity (Wildman–Crippen MR) is 130 cm³/mol. The van der Waals surface area contributed by atoms with Crippen LogP contribution in [0.2, 0.25) is 0 Å². The molecule has 160 valence electrons. The number of pyridine rings is 1. The maximum absolute atomic E-state index is 11.9. The molecule has 0 aromatic carbocycles. The fourth-order valence-electron chi connectivity index (χ4n) is 3.93. The lowest BCUT2D eigenvalue weighted by Crippen LogP contribution is -2.42.